The molecule has 1 aromatic carbocycles. The highest BCUT2D eigenvalue weighted by Crippen LogP contribution is 2.38. The molecule has 0 aliphatic carbocycles. The smallest absolute Gasteiger partial charge is 0.270 e. The highest BCUT2D eigenvalue weighted by molar-refractivity contribution is 6.31. The second-order valence-electron chi connectivity index (χ2n) is 6.87. The summed E-state index contributed by atoms with van der Waals surface area (Å²) in [5.74, 6) is 0.187. The van der Waals surface area contributed by atoms with Crippen LogP contribution in [0.2, 0.25) is 5.02 Å². The van der Waals surface area contributed by atoms with Gasteiger partial charge < -0.3 is 14.8 Å². The molecule has 2 saturated heterocycles. The molecule has 2 aliphatic heterocycles. The number of piperidine rings is 1. The molecule has 0 saturated carbocycles. The lowest BCUT2D eigenvalue weighted by Gasteiger charge is -2.37. The third-order valence-corrected chi connectivity index (χ3v) is 5.84. The summed E-state index contributed by atoms with van der Waals surface area (Å²) < 4.78 is 1.92. The number of aromatic nitrogens is 1. The van der Waals surface area contributed by atoms with Gasteiger partial charge in [0, 0.05) is 42.6 Å². The van der Waals surface area contributed by atoms with E-state index >= 15 is 0 Å². The summed E-state index contributed by atoms with van der Waals surface area (Å²) in [6.07, 6.45) is 2.39. The van der Waals surface area contributed by atoms with Crippen LogP contribution in [0.5, 0.6) is 0 Å². The number of nitrogens with one attached hydrogen (secondary N) is 1. The number of carbonyl (C=O) groups is 2. The van der Waals surface area contributed by atoms with E-state index in [1.54, 1.807) is 0 Å². The zero-order valence-corrected chi connectivity index (χ0v) is 14.4. The van der Waals surface area contributed by atoms with Crippen LogP contribution in [0.3, 0.4) is 0 Å². The van der Waals surface area contributed by atoms with Crippen molar-refractivity contribution >= 4 is 34.3 Å². The van der Waals surface area contributed by atoms with E-state index in [9.17, 15) is 9.59 Å². The van der Waals surface area contributed by atoms with Crippen molar-refractivity contribution in [2.75, 3.05) is 19.6 Å². The Bertz CT molecular complexity index is 834. The number of fused-ring (bicyclic) bond motifs is 1. The lowest BCUT2D eigenvalue weighted by atomic mass is 9.77. The quantitative estimate of drug-likeness (QED) is 0.863. The number of likely N-dealkylation sites (tertiary alicyclic amines) is 1. The summed E-state index contributed by atoms with van der Waals surface area (Å²) in [7, 11) is 1.90. The first-order valence-electron chi connectivity index (χ1n) is 8.33. The maximum atomic E-state index is 12.9. The molecule has 2 aromatic rings. The second-order valence-corrected chi connectivity index (χ2v) is 7.31. The van der Waals surface area contributed by atoms with E-state index in [1.165, 1.54) is 0 Å². The molecule has 4 rings (SSSR count). The number of amides is 2. The molecule has 0 radical (unpaired) electrons. The maximum Gasteiger partial charge on any atom is 0.270 e. The first-order chi connectivity index (χ1) is 11.5. The predicted molar refractivity (Wildman–Crippen MR) is 93.1 cm³/mol. The third-order valence-electron chi connectivity index (χ3n) is 5.60. The van der Waals surface area contributed by atoms with E-state index in [0.29, 0.717) is 23.8 Å². The number of carbonyl (C=O) groups excluding carboxylic acids is 2. The molecule has 1 aromatic heterocycles. The Hall–Kier alpha value is -2.01. The van der Waals surface area contributed by atoms with E-state index in [2.05, 4.69) is 5.32 Å². The Morgan fingerprint density at radius 1 is 1.21 bits per heavy atom. The molecule has 3 heterocycles. The van der Waals surface area contributed by atoms with Crippen LogP contribution in [0.15, 0.2) is 24.3 Å². The Labute approximate surface area is 145 Å². The minimum atomic E-state index is -0.247. The average molecular weight is 346 g/mol. The van der Waals surface area contributed by atoms with Gasteiger partial charge in [-0.2, -0.15) is 0 Å². The molecule has 0 unspecified atom stereocenters. The van der Waals surface area contributed by atoms with Crippen molar-refractivity contribution in [3.05, 3.63) is 35.0 Å². The molecule has 2 amide bonds. The highest BCUT2D eigenvalue weighted by atomic mass is 35.5. The minimum Gasteiger partial charge on any atom is -0.356 e. The van der Waals surface area contributed by atoms with Gasteiger partial charge in [-0.25, -0.2) is 0 Å². The van der Waals surface area contributed by atoms with Crippen molar-refractivity contribution in [2.24, 2.45) is 12.5 Å². The molecule has 1 spiro atoms. The monoisotopic (exact) mass is 345 g/mol. The standard InChI is InChI=1S/C18H20ClN3O2/c1-21-14-3-2-13(19)10-12(14)11-15(21)16(23)22-8-5-18(6-9-22)4-7-20-17(18)24/h2-3,10-11H,4-9H2,1H3,(H,20,24). The number of aryl methyl sites for hydroxylation is 1. The molecule has 6 heteroatoms. The summed E-state index contributed by atoms with van der Waals surface area (Å²) >= 11 is 6.05. The van der Waals surface area contributed by atoms with Gasteiger partial charge in [0.2, 0.25) is 5.91 Å². The molecule has 126 valence electrons. The first-order valence-corrected chi connectivity index (χ1v) is 8.71. The van der Waals surface area contributed by atoms with Crippen LogP contribution in [0.25, 0.3) is 10.9 Å². The van der Waals surface area contributed by atoms with Crippen LogP contribution < -0.4 is 5.32 Å². The first kappa shape index (κ1) is 15.5. The third kappa shape index (κ3) is 2.30. The van der Waals surface area contributed by atoms with Crippen molar-refractivity contribution in [3.8, 4) is 0 Å². The molecule has 24 heavy (non-hydrogen) atoms. The summed E-state index contributed by atoms with van der Waals surface area (Å²) in [6, 6.07) is 7.54. The van der Waals surface area contributed by atoms with Gasteiger partial charge in [-0.05, 0) is 43.5 Å². The molecule has 2 fully saturated rings. The van der Waals surface area contributed by atoms with Crippen molar-refractivity contribution in [3.63, 3.8) is 0 Å². The molecular formula is C18H20ClN3O2. The van der Waals surface area contributed by atoms with Gasteiger partial charge in [-0.15, -0.1) is 0 Å². The summed E-state index contributed by atoms with van der Waals surface area (Å²) in [6.45, 7) is 2.03. The number of hydrogen-bond acceptors (Lipinski definition) is 2. The van der Waals surface area contributed by atoms with Gasteiger partial charge in [0.1, 0.15) is 5.69 Å². The maximum absolute atomic E-state index is 12.9. The van der Waals surface area contributed by atoms with E-state index in [-0.39, 0.29) is 17.2 Å². The fourth-order valence-corrected chi connectivity index (χ4v) is 4.20. The SMILES string of the molecule is Cn1c(C(=O)N2CCC3(CCNC3=O)CC2)cc2cc(Cl)ccc21. The van der Waals surface area contributed by atoms with Crippen LogP contribution in [0.4, 0.5) is 0 Å². The normalized spacial score (nSPS) is 19.9. The van der Waals surface area contributed by atoms with E-state index in [1.807, 2.05) is 40.8 Å². The summed E-state index contributed by atoms with van der Waals surface area (Å²) in [4.78, 5) is 26.9. The second kappa shape index (κ2) is 5.52. The topological polar surface area (TPSA) is 54.3 Å². The summed E-state index contributed by atoms with van der Waals surface area (Å²) in [5.41, 5.74) is 1.41. The Kier molecular flexibility index (Phi) is 3.57. The van der Waals surface area contributed by atoms with Crippen molar-refractivity contribution in [1.82, 2.24) is 14.8 Å². The van der Waals surface area contributed by atoms with Crippen molar-refractivity contribution in [2.45, 2.75) is 19.3 Å². The van der Waals surface area contributed by atoms with Gasteiger partial charge in [-0.1, -0.05) is 11.6 Å². The molecule has 1 N–H and O–H groups in total. The minimum absolute atomic E-state index is 0.0260. The molecule has 0 bridgehead atoms. The Morgan fingerprint density at radius 3 is 2.62 bits per heavy atom. The predicted octanol–water partition coefficient (Wildman–Crippen LogP) is 2.57. The molecule has 0 atom stereocenters. The fourth-order valence-electron chi connectivity index (χ4n) is 4.02. The Morgan fingerprint density at radius 2 is 1.96 bits per heavy atom. The lowest BCUT2D eigenvalue weighted by molar-refractivity contribution is -0.129. The number of hydrogen-bond donors (Lipinski definition) is 1. The van der Waals surface area contributed by atoms with Gasteiger partial charge >= 0.3 is 0 Å². The molecule has 5 nitrogen and oxygen atoms in total. The van der Waals surface area contributed by atoms with Crippen LogP contribution in [-0.4, -0.2) is 40.9 Å². The molecule has 2 aliphatic rings. The van der Waals surface area contributed by atoms with Crippen LogP contribution in [0.1, 0.15) is 29.8 Å². The highest BCUT2D eigenvalue weighted by Gasteiger charge is 2.45. The Balaban J connectivity index is 1.57. The van der Waals surface area contributed by atoms with Gasteiger partial charge in [-0.3, -0.25) is 9.59 Å². The van der Waals surface area contributed by atoms with Crippen LogP contribution in [-0.2, 0) is 11.8 Å². The number of halogens is 1. The van der Waals surface area contributed by atoms with Gasteiger partial charge in [0.05, 0.1) is 5.41 Å². The fraction of sp³-hybridized carbons (Fsp3) is 0.444. The zero-order valence-electron chi connectivity index (χ0n) is 13.6. The van der Waals surface area contributed by atoms with Gasteiger partial charge in [0.25, 0.3) is 5.91 Å². The van der Waals surface area contributed by atoms with Crippen molar-refractivity contribution in [1.29, 1.82) is 0 Å². The van der Waals surface area contributed by atoms with Crippen LogP contribution in [0, 0.1) is 5.41 Å². The number of rotatable bonds is 1. The van der Waals surface area contributed by atoms with Gasteiger partial charge in [0.15, 0.2) is 0 Å². The zero-order chi connectivity index (χ0) is 16.9. The van der Waals surface area contributed by atoms with Crippen molar-refractivity contribution < 1.29 is 9.59 Å². The number of benzene rings is 1. The van der Waals surface area contributed by atoms with E-state index in [4.69, 9.17) is 11.6 Å². The lowest BCUT2D eigenvalue weighted by Crippen LogP contribution is -2.46. The van der Waals surface area contributed by atoms with Crippen LogP contribution >= 0.6 is 11.6 Å². The number of nitrogens with zero attached hydrogens (tertiary/aromatic N) is 2. The largest absolute Gasteiger partial charge is 0.356 e. The van der Waals surface area contributed by atoms with E-state index in [0.717, 1.165) is 36.7 Å². The molecular weight excluding hydrogens is 326 g/mol. The summed E-state index contributed by atoms with van der Waals surface area (Å²) in [5, 5.41) is 4.56. The van der Waals surface area contributed by atoms with E-state index < -0.39 is 0 Å². The average Bonchev–Trinajstić information content (AvgIpc) is 3.08.